The molecule has 1 aliphatic carbocycles. The molecule has 2 aliphatic rings. The zero-order valence-electron chi connectivity index (χ0n) is 11.0. The van der Waals surface area contributed by atoms with E-state index in [0.29, 0.717) is 10.8 Å². The minimum atomic E-state index is -0.365. The number of thioether (sulfide) groups is 1. The third-order valence-corrected chi connectivity index (χ3v) is 5.06. The number of hydrogen-bond acceptors (Lipinski definition) is 4. The van der Waals surface area contributed by atoms with Crippen LogP contribution in [0.1, 0.15) is 46.5 Å². The van der Waals surface area contributed by atoms with Gasteiger partial charge in [0.2, 0.25) is 0 Å². The summed E-state index contributed by atoms with van der Waals surface area (Å²) in [4.78, 5) is 11.9. The van der Waals surface area contributed by atoms with Crippen LogP contribution in [0.5, 0.6) is 0 Å². The van der Waals surface area contributed by atoms with Gasteiger partial charge in [-0.3, -0.25) is 4.79 Å². The number of rotatable bonds is 1. The molecule has 0 bridgehead atoms. The molecule has 2 fully saturated rings. The minimum Gasteiger partial charge on any atom is -0.460 e. The average molecular weight is 257 g/mol. The van der Waals surface area contributed by atoms with E-state index in [1.54, 1.807) is 0 Å². The van der Waals surface area contributed by atoms with E-state index in [0.717, 1.165) is 31.4 Å². The van der Waals surface area contributed by atoms with Crippen molar-refractivity contribution in [1.29, 1.82) is 0 Å². The average Bonchev–Trinajstić information content (AvgIpc) is 2.10. The summed E-state index contributed by atoms with van der Waals surface area (Å²) in [5.74, 6) is 1.22. The van der Waals surface area contributed by atoms with Crippen LogP contribution in [0.4, 0.5) is 0 Å². The summed E-state index contributed by atoms with van der Waals surface area (Å²) in [7, 11) is 0. The van der Waals surface area contributed by atoms with Crippen LogP contribution in [0.2, 0.25) is 0 Å². The number of nitrogens with two attached hydrogens (primary N) is 1. The van der Waals surface area contributed by atoms with Gasteiger partial charge in [-0.05, 0) is 52.2 Å². The molecule has 1 spiro atoms. The van der Waals surface area contributed by atoms with Crippen molar-refractivity contribution >= 4 is 17.7 Å². The fraction of sp³-hybridized carbons (Fsp3) is 0.923. The second-order valence-corrected chi connectivity index (χ2v) is 7.99. The first-order chi connectivity index (χ1) is 7.80. The van der Waals surface area contributed by atoms with Gasteiger partial charge >= 0.3 is 5.97 Å². The monoisotopic (exact) mass is 257 g/mol. The lowest BCUT2D eigenvalue weighted by molar-refractivity contribution is -0.164. The first-order valence-corrected chi connectivity index (χ1v) is 7.41. The van der Waals surface area contributed by atoms with E-state index in [4.69, 9.17) is 10.5 Å². The zero-order chi connectivity index (χ0) is 12.7. The van der Waals surface area contributed by atoms with Crippen molar-refractivity contribution in [2.75, 3.05) is 5.75 Å². The second kappa shape index (κ2) is 4.47. The third-order valence-electron chi connectivity index (χ3n) is 3.51. The first-order valence-electron chi connectivity index (χ1n) is 6.42. The standard InChI is InChI=1S/C13H23NO2S/c1-12(2,3)16-11(15)9-6-13(7-9)8-10(14)4-5-17-13/h9-10H,4-8,14H2,1-3H3. The maximum absolute atomic E-state index is 11.9. The number of carbonyl (C=O) groups is 1. The molecule has 0 radical (unpaired) electrons. The lowest BCUT2D eigenvalue weighted by atomic mass is 9.70. The molecule has 0 aromatic carbocycles. The molecule has 0 aromatic rings. The van der Waals surface area contributed by atoms with Crippen LogP contribution in [-0.2, 0) is 9.53 Å². The molecule has 2 N–H and O–H groups in total. The second-order valence-electron chi connectivity index (χ2n) is 6.42. The van der Waals surface area contributed by atoms with Gasteiger partial charge in [0.15, 0.2) is 0 Å². The highest BCUT2D eigenvalue weighted by atomic mass is 32.2. The molecule has 0 amide bonds. The highest BCUT2D eigenvalue weighted by Gasteiger charge is 2.50. The van der Waals surface area contributed by atoms with Gasteiger partial charge in [0.25, 0.3) is 0 Å². The Bertz CT molecular complexity index is 305. The van der Waals surface area contributed by atoms with Crippen molar-refractivity contribution in [3.05, 3.63) is 0 Å². The number of esters is 1. The number of carbonyl (C=O) groups excluding carboxylic acids is 1. The van der Waals surface area contributed by atoms with E-state index >= 15 is 0 Å². The van der Waals surface area contributed by atoms with E-state index in [-0.39, 0.29) is 17.5 Å². The molecule has 1 saturated heterocycles. The molecule has 1 heterocycles. The lowest BCUT2D eigenvalue weighted by Gasteiger charge is -2.50. The molecular weight excluding hydrogens is 234 g/mol. The van der Waals surface area contributed by atoms with Gasteiger partial charge in [0.05, 0.1) is 5.92 Å². The maximum atomic E-state index is 11.9. The molecule has 98 valence electrons. The normalized spacial score (nSPS) is 37.6. The van der Waals surface area contributed by atoms with E-state index in [2.05, 4.69) is 0 Å². The van der Waals surface area contributed by atoms with Crippen LogP contribution < -0.4 is 5.73 Å². The summed E-state index contributed by atoms with van der Waals surface area (Å²) in [5, 5.41) is 0. The van der Waals surface area contributed by atoms with Crippen molar-refractivity contribution in [1.82, 2.24) is 0 Å². The molecule has 17 heavy (non-hydrogen) atoms. The van der Waals surface area contributed by atoms with Crippen LogP contribution in [0.3, 0.4) is 0 Å². The molecule has 2 rings (SSSR count). The summed E-state index contributed by atoms with van der Waals surface area (Å²) in [5.41, 5.74) is 5.65. The lowest BCUT2D eigenvalue weighted by Crippen LogP contribution is -2.51. The number of hydrogen-bond donors (Lipinski definition) is 1. The van der Waals surface area contributed by atoms with Crippen LogP contribution in [0.15, 0.2) is 0 Å². The van der Waals surface area contributed by atoms with E-state index in [9.17, 15) is 4.79 Å². The summed E-state index contributed by atoms with van der Waals surface area (Å²) in [6.07, 6.45) is 4.10. The highest BCUT2D eigenvalue weighted by molar-refractivity contribution is 8.00. The summed E-state index contributed by atoms with van der Waals surface area (Å²) < 4.78 is 5.71. The van der Waals surface area contributed by atoms with Gasteiger partial charge in [-0.25, -0.2) is 0 Å². The van der Waals surface area contributed by atoms with Crippen molar-refractivity contribution in [2.45, 2.75) is 62.8 Å². The Morgan fingerprint density at radius 1 is 1.35 bits per heavy atom. The minimum absolute atomic E-state index is 0.0251. The SMILES string of the molecule is CC(C)(C)OC(=O)C1CC2(CC(N)CCS2)C1. The van der Waals surface area contributed by atoms with Crippen molar-refractivity contribution in [2.24, 2.45) is 11.7 Å². The van der Waals surface area contributed by atoms with Gasteiger partial charge in [0.1, 0.15) is 5.60 Å². The molecule has 3 nitrogen and oxygen atoms in total. The van der Waals surface area contributed by atoms with Gasteiger partial charge in [0, 0.05) is 10.8 Å². The fourth-order valence-electron chi connectivity index (χ4n) is 2.74. The van der Waals surface area contributed by atoms with Crippen molar-refractivity contribution in [3.63, 3.8) is 0 Å². The van der Waals surface area contributed by atoms with Gasteiger partial charge in [-0.2, -0.15) is 11.8 Å². The van der Waals surface area contributed by atoms with Gasteiger partial charge in [-0.1, -0.05) is 0 Å². The topological polar surface area (TPSA) is 52.3 Å². The van der Waals surface area contributed by atoms with E-state index in [1.807, 2.05) is 32.5 Å². The quantitative estimate of drug-likeness (QED) is 0.733. The van der Waals surface area contributed by atoms with Crippen LogP contribution in [0, 0.1) is 5.92 Å². The Morgan fingerprint density at radius 3 is 2.53 bits per heavy atom. The van der Waals surface area contributed by atoms with Crippen LogP contribution in [-0.4, -0.2) is 28.1 Å². The Hall–Kier alpha value is -0.220. The van der Waals surface area contributed by atoms with Crippen LogP contribution in [0.25, 0.3) is 0 Å². The van der Waals surface area contributed by atoms with Crippen LogP contribution >= 0.6 is 11.8 Å². The van der Waals surface area contributed by atoms with Gasteiger partial charge < -0.3 is 10.5 Å². The van der Waals surface area contributed by atoms with Crippen molar-refractivity contribution < 1.29 is 9.53 Å². The number of ether oxygens (including phenoxy) is 1. The molecule has 4 heteroatoms. The van der Waals surface area contributed by atoms with Gasteiger partial charge in [-0.15, -0.1) is 0 Å². The smallest absolute Gasteiger partial charge is 0.309 e. The predicted molar refractivity (Wildman–Crippen MR) is 71.0 cm³/mol. The molecule has 1 atom stereocenters. The first kappa shape index (κ1) is 13.2. The third kappa shape index (κ3) is 3.16. The molecule has 1 unspecified atom stereocenters. The molecule has 1 saturated carbocycles. The largest absolute Gasteiger partial charge is 0.460 e. The van der Waals surface area contributed by atoms with E-state index < -0.39 is 0 Å². The molecule has 1 aliphatic heterocycles. The summed E-state index contributed by atoms with van der Waals surface area (Å²) in [6.45, 7) is 5.76. The Balaban J connectivity index is 1.83. The van der Waals surface area contributed by atoms with Crippen molar-refractivity contribution in [3.8, 4) is 0 Å². The Morgan fingerprint density at radius 2 is 2.00 bits per heavy atom. The zero-order valence-corrected chi connectivity index (χ0v) is 11.8. The molecular formula is C13H23NO2S. The summed E-state index contributed by atoms with van der Waals surface area (Å²) >= 11 is 2.01. The predicted octanol–water partition coefficient (Wildman–Crippen LogP) is 2.33. The highest BCUT2D eigenvalue weighted by Crippen LogP contribution is 2.53. The Kier molecular flexibility index (Phi) is 3.47. The maximum Gasteiger partial charge on any atom is 0.309 e. The van der Waals surface area contributed by atoms with E-state index in [1.165, 1.54) is 0 Å². The molecule has 0 aromatic heterocycles. The summed E-state index contributed by atoms with van der Waals surface area (Å²) in [6, 6.07) is 0.329. The Labute approximate surface area is 108 Å². The fourth-order valence-corrected chi connectivity index (χ4v) is 4.56.